The first-order valence-corrected chi connectivity index (χ1v) is 7.32. The van der Waals surface area contributed by atoms with E-state index in [-0.39, 0.29) is 18.9 Å². The number of hydrogen-bond acceptors (Lipinski definition) is 4. The number of aryl methyl sites for hydroxylation is 3. The maximum absolute atomic E-state index is 11.9. The van der Waals surface area contributed by atoms with Gasteiger partial charge in [-0.25, -0.2) is 0 Å². The summed E-state index contributed by atoms with van der Waals surface area (Å²) in [5.41, 5.74) is 6.13. The van der Waals surface area contributed by atoms with E-state index < -0.39 is 5.91 Å². The molecule has 1 heterocycles. The number of ether oxygens (including phenoxy) is 1. The maximum Gasteiger partial charge on any atom is 0.273 e. The number of amides is 2. The van der Waals surface area contributed by atoms with Crippen molar-refractivity contribution < 1.29 is 18.7 Å². The van der Waals surface area contributed by atoms with Gasteiger partial charge in [0.2, 0.25) is 5.91 Å². The first-order valence-electron chi connectivity index (χ1n) is 7.32. The molecule has 23 heavy (non-hydrogen) atoms. The molecule has 2 N–H and O–H groups in total. The van der Waals surface area contributed by atoms with Crippen molar-refractivity contribution in [3.8, 4) is 5.75 Å². The normalized spacial score (nSPS) is 10.2. The van der Waals surface area contributed by atoms with E-state index in [0.29, 0.717) is 17.1 Å². The van der Waals surface area contributed by atoms with Crippen LogP contribution >= 0.6 is 0 Å². The fourth-order valence-electron chi connectivity index (χ4n) is 2.08. The van der Waals surface area contributed by atoms with Gasteiger partial charge in [-0.2, -0.15) is 0 Å². The highest BCUT2D eigenvalue weighted by atomic mass is 16.5. The van der Waals surface area contributed by atoms with E-state index in [9.17, 15) is 9.59 Å². The molecular weight excluding hydrogens is 296 g/mol. The second kappa shape index (κ2) is 7.49. The fraction of sp³-hybridized carbons (Fsp3) is 0.294. The van der Waals surface area contributed by atoms with Crippen molar-refractivity contribution in [3.05, 3.63) is 53.0 Å². The van der Waals surface area contributed by atoms with Crippen molar-refractivity contribution in [1.82, 2.24) is 10.9 Å². The van der Waals surface area contributed by atoms with Crippen molar-refractivity contribution in [3.63, 3.8) is 0 Å². The summed E-state index contributed by atoms with van der Waals surface area (Å²) in [6.07, 6.45) is 0.137. The predicted octanol–water partition coefficient (Wildman–Crippen LogP) is 2.43. The third-order valence-corrected chi connectivity index (χ3v) is 3.28. The van der Waals surface area contributed by atoms with Crippen LogP contribution in [0.5, 0.6) is 5.75 Å². The van der Waals surface area contributed by atoms with Crippen LogP contribution in [0.3, 0.4) is 0 Å². The lowest BCUT2D eigenvalue weighted by molar-refractivity contribution is -0.122. The molecule has 0 aliphatic rings. The Kier molecular flexibility index (Phi) is 5.41. The summed E-state index contributed by atoms with van der Waals surface area (Å²) < 4.78 is 10.8. The average Bonchev–Trinajstić information content (AvgIpc) is 2.85. The zero-order valence-corrected chi connectivity index (χ0v) is 13.4. The summed E-state index contributed by atoms with van der Waals surface area (Å²) in [5.74, 6) is 1.16. The van der Waals surface area contributed by atoms with Gasteiger partial charge in [-0.1, -0.05) is 18.2 Å². The monoisotopic (exact) mass is 316 g/mol. The SMILES string of the molecule is Cc1cc(C(=O)NNC(=O)CCOc2ccccc2C)c(C)o1. The lowest BCUT2D eigenvalue weighted by Crippen LogP contribution is -2.42. The molecule has 0 fully saturated rings. The van der Waals surface area contributed by atoms with E-state index in [1.54, 1.807) is 19.9 Å². The van der Waals surface area contributed by atoms with Gasteiger partial charge in [0.15, 0.2) is 0 Å². The molecule has 0 spiro atoms. The molecular formula is C17H20N2O4. The highest BCUT2D eigenvalue weighted by Crippen LogP contribution is 2.16. The van der Waals surface area contributed by atoms with Crippen LogP contribution in [0.15, 0.2) is 34.7 Å². The third kappa shape index (κ3) is 4.60. The standard InChI is InChI=1S/C17H20N2O4/c1-11-6-4-5-7-15(11)22-9-8-16(20)18-19-17(21)14-10-12(2)23-13(14)3/h4-7,10H,8-9H2,1-3H3,(H,18,20)(H,19,21). The van der Waals surface area contributed by atoms with Crippen LogP contribution in [0.25, 0.3) is 0 Å². The van der Waals surface area contributed by atoms with E-state index in [4.69, 9.17) is 9.15 Å². The Morgan fingerprint density at radius 3 is 2.52 bits per heavy atom. The zero-order chi connectivity index (χ0) is 16.8. The number of hydrogen-bond donors (Lipinski definition) is 2. The fourth-order valence-corrected chi connectivity index (χ4v) is 2.08. The van der Waals surface area contributed by atoms with Crippen LogP contribution in [0.4, 0.5) is 0 Å². The Bertz CT molecular complexity index is 706. The Morgan fingerprint density at radius 2 is 1.87 bits per heavy atom. The minimum atomic E-state index is -0.410. The van der Waals surface area contributed by atoms with Crippen molar-refractivity contribution >= 4 is 11.8 Å². The molecule has 0 radical (unpaired) electrons. The zero-order valence-electron chi connectivity index (χ0n) is 13.4. The lowest BCUT2D eigenvalue weighted by Gasteiger charge is -2.09. The molecule has 0 aliphatic carbocycles. The molecule has 122 valence electrons. The van der Waals surface area contributed by atoms with Gasteiger partial charge in [0, 0.05) is 0 Å². The van der Waals surface area contributed by atoms with Crippen molar-refractivity contribution in [2.45, 2.75) is 27.2 Å². The number of rotatable bonds is 5. The number of carbonyl (C=O) groups excluding carboxylic acids is 2. The summed E-state index contributed by atoms with van der Waals surface area (Å²) in [6, 6.07) is 9.20. The summed E-state index contributed by atoms with van der Waals surface area (Å²) in [6.45, 7) is 5.62. The molecule has 1 aromatic heterocycles. The second-order valence-electron chi connectivity index (χ2n) is 5.19. The number of nitrogens with one attached hydrogen (secondary N) is 2. The van der Waals surface area contributed by atoms with Gasteiger partial charge in [0.1, 0.15) is 17.3 Å². The minimum Gasteiger partial charge on any atom is -0.493 e. The molecule has 0 saturated carbocycles. The highest BCUT2D eigenvalue weighted by Gasteiger charge is 2.14. The molecule has 2 aromatic rings. The molecule has 6 nitrogen and oxygen atoms in total. The number of benzene rings is 1. The largest absolute Gasteiger partial charge is 0.493 e. The van der Waals surface area contributed by atoms with Gasteiger partial charge in [-0.3, -0.25) is 20.4 Å². The van der Waals surface area contributed by atoms with Crippen molar-refractivity contribution in [1.29, 1.82) is 0 Å². The summed E-state index contributed by atoms with van der Waals surface area (Å²) in [5, 5.41) is 0. The van der Waals surface area contributed by atoms with E-state index in [0.717, 1.165) is 11.3 Å². The number of para-hydroxylation sites is 1. The molecule has 2 amide bonds. The van der Waals surface area contributed by atoms with E-state index >= 15 is 0 Å². The summed E-state index contributed by atoms with van der Waals surface area (Å²) >= 11 is 0. The Balaban J connectivity index is 1.74. The van der Waals surface area contributed by atoms with Crippen LogP contribution in [0.1, 0.15) is 33.9 Å². The van der Waals surface area contributed by atoms with Crippen LogP contribution in [-0.4, -0.2) is 18.4 Å². The molecule has 0 bridgehead atoms. The Hall–Kier alpha value is -2.76. The molecule has 2 rings (SSSR count). The molecule has 6 heteroatoms. The molecule has 0 aliphatic heterocycles. The Morgan fingerprint density at radius 1 is 1.13 bits per heavy atom. The van der Waals surface area contributed by atoms with Crippen LogP contribution in [0, 0.1) is 20.8 Å². The van der Waals surface area contributed by atoms with E-state index in [1.807, 2.05) is 31.2 Å². The topological polar surface area (TPSA) is 80.6 Å². The van der Waals surface area contributed by atoms with Gasteiger partial charge in [-0.05, 0) is 38.5 Å². The Labute approximate surface area is 134 Å². The van der Waals surface area contributed by atoms with Crippen molar-refractivity contribution in [2.75, 3.05) is 6.61 Å². The molecule has 0 atom stereocenters. The number of furan rings is 1. The van der Waals surface area contributed by atoms with Gasteiger partial charge in [0.25, 0.3) is 5.91 Å². The smallest absolute Gasteiger partial charge is 0.273 e. The summed E-state index contributed by atoms with van der Waals surface area (Å²) in [7, 11) is 0. The van der Waals surface area contributed by atoms with Crippen LogP contribution in [-0.2, 0) is 4.79 Å². The third-order valence-electron chi connectivity index (χ3n) is 3.28. The van der Waals surface area contributed by atoms with Crippen LogP contribution < -0.4 is 15.6 Å². The number of carbonyl (C=O) groups is 2. The summed E-state index contributed by atoms with van der Waals surface area (Å²) in [4.78, 5) is 23.6. The van der Waals surface area contributed by atoms with Crippen molar-refractivity contribution in [2.24, 2.45) is 0 Å². The average molecular weight is 316 g/mol. The molecule has 0 saturated heterocycles. The minimum absolute atomic E-state index is 0.137. The van der Waals surface area contributed by atoms with E-state index in [2.05, 4.69) is 10.9 Å². The lowest BCUT2D eigenvalue weighted by atomic mass is 10.2. The first-order chi connectivity index (χ1) is 11.0. The maximum atomic E-state index is 11.9. The quantitative estimate of drug-likeness (QED) is 0.830. The van der Waals surface area contributed by atoms with E-state index in [1.165, 1.54) is 0 Å². The molecule has 0 unspecified atom stereocenters. The second-order valence-corrected chi connectivity index (χ2v) is 5.19. The van der Waals surface area contributed by atoms with Gasteiger partial charge >= 0.3 is 0 Å². The van der Waals surface area contributed by atoms with Gasteiger partial charge < -0.3 is 9.15 Å². The number of hydrazine groups is 1. The molecule has 1 aromatic carbocycles. The highest BCUT2D eigenvalue weighted by molar-refractivity contribution is 5.96. The van der Waals surface area contributed by atoms with Gasteiger partial charge in [-0.15, -0.1) is 0 Å². The predicted molar refractivity (Wildman–Crippen MR) is 85.1 cm³/mol. The first kappa shape index (κ1) is 16.6. The van der Waals surface area contributed by atoms with Gasteiger partial charge in [0.05, 0.1) is 18.6 Å². The van der Waals surface area contributed by atoms with Crippen LogP contribution in [0.2, 0.25) is 0 Å².